The van der Waals surface area contributed by atoms with E-state index in [1.54, 1.807) is 0 Å². The van der Waals surface area contributed by atoms with E-state index in [4.69, 9.17) is 15.6 Å². The molecule has 1 fully saturated rings. The Morgan fingerprint density at radius 2 is 2.27 bits per heavy atom. The molecular formula is C13H17N5O4. The number of rotatable bonds is 4. The summed E-state index contributed by atoms with van der Waals surface area (Å²) in [5.74, 6) is -0.0706. The van der Waals surface area contributed by atoms with Gasteiger partial charge in [0.05, 0.1) is 12.7 Å². The number of aliphatic hydroxyl groups excluding tert-OH is 1. The Bertz CT molecular complexity index is 833. The topological polar surface area (TPSA) is 128 Å². The van der Waals surface area contributed by atoms with Gasteiger partial charge in [-0.05, 0) is 12.8 Å². The van der Waals surface area contributed by atoms with E-state index in [-0.39, 0.29) is 36.4 Å². The molecule has 0 aliphatic carbocycles. The lowest BCUT2D eigenvalue weighted by molar-refractivity contribution is -0.0223. The Morgan fingerprint density at radius 3 is 2.91 bits per heavy atom. The van der Waals surface area contributed by atoms with Gasteiger partial charge in [-0.3, -0.25) is 14.3 Å². The first-order chi connectivity index (χ1) is 10.6. The zero-order valence-electron chi connectivity index (χ0n) is 11.9. The number of anilines is 1. The van der Waals surface area contributed by atoms with Gasteiger partial charge in [0.15, 0.2) is 11.2 Å². The van der Waals surface area contributed by atoms with Crippen LogP contribution >= 0.6 is 0 Å². The molecular weight excluding hydrogens is 290 g/mol. The quantitative estimate of drug-likeness (QED) is 0.642. The molecule has 0 aromatic carbocycles. The highest BCUT2D eigenvalue weighted by molar-refractivity contribution is 5.71. The van der Waals surface area contributed by atoms with Crippen molar-refractivity contribution < 1.29 is 9.84 Å². The van der Waals surface area contributed by atoms with E-state index in [9.17, 15) is 9.59 Å². The summed E-state index contributed by atoms with van der Waals surface area (Å²) in [6, 6.07) is 0. The molecule has 0 bridgehead atoms. The molecule has 1 saturated heterocycles. The first-order valence-corrected chi connectivity index (χ1v) is 6.94. The van der Waals surface area contributed by atoms with E-state index >= 15 is 0 Å². The second kappa shape index (κ2) is 5.43. The largest absolute Gasteiger partial charge is 0.394 e. The first-order valence-electron chi connectivity index (χ1n) is 6.94. The number of hydrogen-bond donors (Lipinski definition) is 3. The number of nitrogens with zero attached hydrogens (tertiary/aromatic N) is 3. The number of imidazole rings is 1. The smallest absolute Gasteiger partial charge is 0.332 e. The molecule has 0 saturated carbocycles. The summed E-state index contributed by atoms with van der Waals surface area (Å²) < 4.78 is 8.24. The van der Waals surface area contributed by atoms with Crippen LogP contribution in [0.2, 0.25) is 0 Å². The highest BCUT2D eigenvalue weighted by Gasteiger charge is 2.31. The normalized spacial score (nSPS) is 21.5. The summed E-state index contributed by atoms with van der Waals surface area (Å²) in [7, 11) is 0. The van der Waals surface area contributed by atoms with Gasteiger partial charge in [0.2, 0.25) is 5.95 Å². The second-order valence-corrected chi connectivity index (χ2v) is 5.15. The zero-order chi connectivity index (χ0) is 15.9. The minimum Gasteiger partial charge on any atom is -0.394 e. The molecule has 0 radical (unpaired) electrons. The number of nitrogens with two attached hydrogens (primary N) is 1. The molecule has 2 aromatic rings. The van der Waals surface area contributed by atoms with Gasteiger partial charge in [-0.15, -0.1) is 6.58 Å². The highest BCUT2D eigenvalue weighted by Crippen LogP contribution is 2.28. The Kier molecular flexibility index (Phi) is 3.59. The van der Waals surface area contributed by atoms with Gasteiger partial charge in [-0.2, -0.15) is 4.98 Å². The number of nitrogens with one attached hydrogen (secondary N) is 1. The third-order valence-corrected chi connectivity index (χ3v) is 3.72. The number of aliphatic hydroxyl groups is 1. The number of hydrogen-bond acceptors (Lipinski definition) is 6. The summed E-state index contributed by atoms with van der Waals surface area (Å²) in [4.78, 5) is 31.2. The lowest BCUT2D eigenvalue weighted by atomic mass is 10.2. The van der Waals surface area contributed by atoms with Crippen molar-refractivity contribution in [3.8, 4) is 0 Å². The van der Waals surface area contributed by atoms with Gasteiger partial charge >= 0.3 is 5.69 Å². The van der Waals surface area contributed by atoms with E-state index in [1.807, 2.05) is 0 Å². The maximum absolute atomic E-state index is 12.6. The molecule has 0 amide bonds. The summed E-state index contributed by atoms with van der Waals surface area (Å²) in [6.07, 6.45) is 1.79. The fourth-order valence-electron chi connectivity index (χ4n) is 2.77. The van der Waals surface area contributed by atoms with E-state index in [2.05, 4.69) is 16.5 Å². The van der Waals surface area contributed by atoms with Crippen LogP contribution in [0.15, 0.2) is 22.2 Å². The summed E-state index contributed by atoms with van der Waals surface area (Å²) in [5, 5.41) is 9.17. The molecule has 4 N–H and O–H groups in total. The fraction of sp³-hybridized carbons (Fsp3) is 0.462. The minimum atomic E-state index is -0.577. The van der Waals surface area contributed by atoms with Crippen molar-refractivity contribution in [2.45, 2.75) is 31.7 Å². The molecule has 3 rings (SSSR count). The Labute approximate surface area is 124 Å². The van der Waals surface area contributed by atoms with E-state index in [1.165, 1.54) is 15.2 Å². The molecule has 1 aliphatic heterocycles. The van der Waals surface area contributed by atoms with Crippen molar-refractivity contribution in [1.29, 1.82) is 0 Å². The number of aromatic amines is 1. The van der Waals surface area contributed by atoms with Crippen LogP contribution in [0.5, 0.6) is 0 Å². The van der Waals surface area contributed by atoms with Crippen molar-refractivity contribution in [1.82, 2.24) is 19.1 Å². The Morgan fingerprint density at radius 1 is 1.50 bits per heavy atom. The third-order valence-electron chi connectivity index (χ3n) is 3.72. The first kappa shape index (κ1) is 14.5. The summed E-state index contributed by atoms with van der Waals surface area (Å²) in [6.45, 7) is 3.65. The number of allylic oxidation sites excluding steroid dienone is 1. The van der Waals surface area contributed by atoms with Crippen LogP contribution < -0.4 is 17.0 Å². The zero-order valence-corrected chi connectivity index (χ0v) is 11.9. The SMILES string of the molecule is C=CCn1c(=O)n(C2CCC(CO)O2)c2nc(N)[nH]c(=O)c21. The van der Waals surface area contributed by atoms with Gasteiger partial charge in [0.25, 0.3) is 5.56 Å². The van der Waals surface area contributed by atoms with Crippen molar-refractivity contribution in [2.24, 2.45) is 0 Å². The Balaban J connectivity index is 2.26. The molecule has 22 heavy (non-hydrogen) atoms. The molecule has 1 aliphatic rings. The third kappa shape index (κ3) is 2.14. The molecule has 9 heteroatoms. The lowest BCUT2D eigenvalue weighted by Crippen LogP contribution is -2.28. The molecule has 9 nitrogen and oxygen atoms in total. The van der Waals surface area contributed by atoms with Gasteiger partial charge < -0.3 is 15.6 Å². The maximum Gasteiger partial charge on any atom is 0.332 e. The number of nitrogen functional groups attached to an aromatic ring is 1. The monoisotopic (exact) mass is 307 g/mol. The van der Waals surface area contributed by atoms with Crippen molar-refractivity contribution in [3.63, 3.8) is 0 Å². The maximum atomic E-state index is 12.6. The number of fused-ring (bicyclic) bond motifs is 1. The second-order valence-electron chi connectivity index (χ2n) is 5.15. The van der Waals surface area contributed by atoms with Crippen molar-refractivity contribution in [2.75, 3.05) is 12.3 Å². The van der Waals surface area contributed by atoms with Gasteiger partial charge in [0.1, 0.15) is 6.23 Å². The predicted molar refractivity (Wildman–Crippen MR) is 79.5 cm³/mol. The molecule has 2 aromatic heterocycles. The van der Waals surface area contributed by atoms with Crippen LogP contribution in [0.1, 0.15) is 19.1 Å². The lowest BCUT2D eigenvalue weighted by Gasteiger charge is -2.13. The molecule has 0 spiro atoms. The van der Waals surface area contributed by atoms with E-state index in [0.717, 1.165) is 0 Å². The van der Waals surface area contributed by atoms with E-state index < -0.39 is 17.5 Å². The van der Waals surface area contributed by atoms with Crippen molar-refractivity contribution in [3.05, 3.63) is 33.5 Å². The van der Waals surface area contributed by atoms with Crippen LogP contribution in [0, 0.1) is 0 Å². The Hall–Kier alpha value is -2.39. The standard InChI is InChI=1S/C13H17N5O4/c1-2-5-17-9-10(15-12(14)16-11(9)20)18(13(17)21)8-4-3-7(6-19)22-8/h2,7-8,19H,1,3-6H2,(H3,14,15,16,20). The molecule has 2 unspecified atom stereocenters. The van der Waals surface area contributed by atoms with Gasteiger partial charge in [-0.25, -0.2) is 9.36 Å². The average molecular weight is 307 g/mol. The molecule has 3 heterocycles. The number of aromatic nitrogens is 4. The van der Waals surface area contributed by atoms with Crippen LogP contribution in [-0.2, 0) is 11.3 Å². The fourth-order valence-corrected chi connectivity index (χ4v) is 2.77. The van der Waals surface area contributed by atoms with E-state index in [0.29, 0.717) is 12.8 Å². The van der Waals surface area contributed by atoms with Crippen LogP contribution in [-0.4, -0.2) is 36.9 Å². The van der Waals surface area contributed by atoms with Gasteiger partial charge in [-0.1, -0.05) is 6.08 Å². The predicted octanol–water partition coefficient (Wildman–Crippen LogP) is -0.676. The average Bonchev–Trinajstić information content (AvgIpc) is 3.03. The molecule has 118 valence electrons. The van der Waals surface area contributed by atoms with Crippen LogP contribution in [0.25, 0.3) is 11.2 Å². The van der Waals surface area contributed by atoms with Crippen LogP contribution in [0.4, 0.5) is 5.95 Å². The van der Waals surface area contributed by atoms with Crippen molar-refractivity contribution >= 4 is 17.1 Å². The summed E-state index contributed by atoms with van der Waals surface area (Å²) in [5.41, 5.74) is 4.99. The van der Waals surface area contributed by atoms with Crippen LogP contribution in [0.3, 0.4) is 0 Å². The summed E-state index contributed by atoms with van der Waals surface area (Å²) >= 11 is 0. The number of H-pyrrole nitrogens is 1. The number of ether oxygens (including phenoxy) is 1. The minimum absolute atomic E-state index is 0.0706. The van der Waals surface area contributed by atoms with Gasteiger partial charge in [0, 0.05) is 6.54 Å². The molecule has 2 atom stereocenters. The highest BCUT2D eigenvalue weighted by atomic mass is 16.5.